The van der Waals surface area contributed by atoms with E-state index < -0.39 is 0 Å². The lowest BCUT2D eigenvalue weighted by Gasteiger charge is -2.39. The molecular weight excluding hydrogens is 300 g/mol. The van der Waals surface area contributed by atoms with Gasteiger partial charge in [0.1, 0.15) is 15.8 Å². The van der Waals surface area contributed by atoms with Gasteiger partial charge in [0, 0.05) is 17.1 Å². The van der Waals surface area contributed by atoms with Crippen LogP contribution in [0.5, 0.6) is 0 Å². The molecule has 0 aromatic carbocycles. The Kier molecular flexibility index (Phi) is 3.92. The Morgan fingerprint density at radius 1 is 1.38 bits per heavy atom. The van der Waals surface area contributed by atoms with Crippen LogP contribution in [0.25, 0.3) is 10.6 Å². The van der Waals surface area contributed by atoms with E-state index in [0.29, 0.717) is 17.3 Å². The third kappa shape index (κ3) is 2.92. The van der Waals surface area contributed by atoms with Crippen LogP contribution in [0.15, 0.2) is 5.38 Å². The van der Waals surface area contributed by atoms with Crippen LogP contribution in [0, 0.1) is 12.3 Å². The lowest BCUT2D eigenvalue weighted by atomic mass is 9.73. The highest BCUT2D eigenvalue weighted by Gasteiger charge is 2.33. The van der Waals surface area contributed by atoms with Crippen molar-refractivity contribution in [3.63, 3.8) is 0 Å². The van der Waals surface area contributed by atoms with Crippen molar-refractivity contribution in [1.29, 1.82) is 0 Å². The molecule has 4 nitrogen and oxygen atoms in total. The Morgan fingerprint density at radius 2 is 2.19 bits per heavy atom. The molecule has 0 amide bonds. The fraction of sp³-hybridized carbons (Fsp3) is 0.600. The van der Waals surface area contributed by atoms with Gasteiger partial charge < -0.3 is 11.1 Å². The van der Waals surface area contributed by atoms with E-state index in [1.165, 1.54) is 37.2 Å². The summed E-state index contributed by atoms with van der Waals surface area (Å²) in [7, 11) is 0. The van der Waals surface area contributed by atoms with Crippen LogP contribution in [0.1, 0.15) is 45.2 Å². The molecule has 1 aliphatic carbocycles. The van der Waals surface area contributed by atoms with Gasteiger partial charge in [-0.25, -0.2) is 4.98 Å². The number of hydrogen-bond donors (Lipinski definition) is 2. The van der Waals surface area contributed by atoms with Gasteiger partial charge in [-0.2, -0.15) is 4.37 Å². The van der Waals surface area contributed by atoms with Gasteiger partial charge in [-0.1, -0.05) is 26.7 Å². The molecule has 3 N–H and O–H groups in total. The van der Waals surface area contributed by atoms with Crippen LogP contribution in [-0.2, 0) is 0 Å². The molecular formula is C15H22N4S2. The highest BCUT2D eigenvalue weighted by molar-refractivity contribution is 7.15. The molecule has 6 heteroatoms. The normalized spacial score (nSPS) is 21.4. The summed E-state index contributed by atoms with van der Waals surface area (Å²) in [5, 5.41) is 7.81. The number of rotatable bonds is 3. The molecule has 1 atom stereocenters. The summed E-state index contributed by atoms with van der Waals surface area (Å²) in [4.78, 5) is 4.57. The van der Waals surface area contributed by atoms with Crippen LogP contribution >= 0.6 is 22.9 Å². The number of nitrogen functional groups attached to an aromatic ring is 1. The van der Waals surface area contributed by atoms with Crippen molar-refractivity contribution in [2.24, 2.45) is 5.41 Å². The van der Waals surface area contributed by atoms with Crippen molar-refractivity contribution in [2.75, 3.05) is 11.1 Å². The number of nitrogens with two attached hydrogens (primary N) is 1. The standard InChI is InChI=1S/C15H22N4S2/c1-9-8-20-13(17-9)11-12(16)19-21-14(11)18-10-6-4-5-7-15(10,2)3/h8,10,18H,4-7H2,1-3H3,(H2,16,19). The minimum Gasteiger partial charge on any atom is -0.382 e. The predicted octanol–water partition coefficient (Wildman–Crippen LogP) is 4.54. The molecule has 0 aliphatic heterocycles. The first-order valence-corrected chi connectivity index (χ1v) is 9.07. The van der Waals surface area contributed by atoms with Gasteiger partial charge >= 0.3 is 0 Å². The van der Waals surface area contributed by atoms with Crippen LogP contribution in [-0.4, -0.2) is 15.4 Å². The summed E-state index contributed by atoms with van der Waals surface area (Å²) in [6.45, 7) is 6.70. The smallest absolute Gasteiger partial charge is 0.149 e. The average Bonchev–Trinajstić information content (AvgIpc) is 2.98. The molecule has 21 heavy (non-hydrogen) atoms. The third-order valence-electron chi connectivity index (χ3n) is 4.36. The molecule has 114 valence electrons. The summed E-state index contributed by atoms with van der Waals surface area (Å²) < 4.78 is 4.34. The number of nitrogens with zero attached hydrogens (tertiary/aromatic N) is 2. The van der Waals surface area contributed by atoms with Crippen molar-refractivity contribution in [3.8, 4) is 10.6 Å². The van der Waals surface area contributed by atoms with Crippen LogP contribution in [0.4, 0.5) is 10.8 Å². The molecule has 2 aromatic heterocycles. The first-order chi connectivity index (χ1) is 9.97. The Morgan fingerprint density at radius 3 is 2.86 bits per heavy atom. The van der Waals surface area contributed by atoms with Gasteiger partial charge in [0.25, 0.3) is 0 Å². The van der Waals surface area contributed by atoms with E-state index in [-0.39, 0.29) is 0 Å². The maximum absolute atomic E-state index is 6.08. The fourth-order valence-electron chi connectivity index (χ4n) is 3.00. The third-order valence-corrected chi connectivity index (χ3v) is 6.13. The van der Waals surface area contributed by atoms with E-state index in [2.05, 4.69) is 33.9 Å². The second kappa shape index (κ2) is 5.57. The summed E-state index contributed by atoms with van der Waals surface area (Å²) in [6, 6.07) is 0.478. The molecule has 0 spiro atoms. The minimum absolute atomic E-state index is 0.313. The van der Waals surface area contributed by atoms with Crippen molar-refractivity contribution < 1.29 is 0 Å². The van der Waals surface area contributed by atoms with E-state index >= 15 is 0 Å². The molecule has 1 fully saturated rings. The lowest BCUT2D eigenvalue weighted by molar-refractivity contribution is 0.217. The summed E-state index contributed by atoms with van der Waals surface area (Å²) in [5.41, 5.74) is 8.41. The highest BCUT2D eigenvalue weighted by atomic mass is 32.1. The van der Waals surface area contributed by atoms with Crippen LogP contribution in [0.3, 0.4) is 0 Å². The number of thiazole rings is 1. The molecule has 0 radical (unpaired) electrons. The zero-order chi connectivity index (χ0) is 15.0. The highest BCUT2D eigenvalue weighted by Crippen LogP contribution is 2.42. The van der Waals surface area contributed by atoms with E-state index in [1.54, 1.807) is 11.3 Å². The second-order valence-corrected chi connectivity index (χ2v) is 8.13. The fourth-order valence-corrected chi connectivity index (χ4v) is 4.69. The Balaban J connectivity index is 1.90. The zero-order valence-electron chi connectivity index (χ0n) is 12.8. The van der Waals surface area contributed by atoms with Gasteiger partial charge in [0.2, 0.25) is 0 Å². The molecule has 1 unspecified atom stereocenters. The number of aryl methyl sites for hydroxylation is 1. The van der Waals surface area contributed by atoms with Gasteiger partial charge in [0.05, 0.1) is 5.56 Å². The number of anilines is 2. The molecule has 2 aromatic rings. The Labute approximate surface area is 134 Å². The molecule has 1 aliphatic rings. The lowest BCUT2D eigenvalue weighted by Crippen LogP contribution is -2.38. The average molecular weight is 323 g/mol. The van der Waals surface area contributed by atoms with Crippen molar-refractivity contribution in [3.05, 3.63) is 11.1 Å². The predicted molar refractivity (Wildman–Crippen MR) is 92.0 cm³/mol. The SMILES string of the molecule is Cc1csc(-c2c(N)nsc2NC2CCCCC2(C)C)n1. The quantitative estimate of drug-likeness (QED) is 0.871. The molecule has 3 rings (SSSR count). The van der Waals surface area contributed by atoms with Crippen molar-refractivity contribution in [1.82, 2.24) is 9.36 Å². The molecule has 0 bridgehead atoms. The van der Waals surface area contributed by atoms with Crippen LogP contribution in [0.2, 0.25) is 0 Å². The van der Waals surface area contributed by atoms with Crippen molar-refractivity contribution in [2.45, 2.75) is 52.5 Å². The molecule has 2 heterocycles. The number of aromatic nitrogens is 2. The summed E-state index contributed by atoms with van der Waals surface area (Å²) in [6.07, 6.45) is 5.10. The maximum atomic E-state index is 6.08. The minimum atomic E-state index is 0.313. The van der Waals surface area contributed by atoms with Crippen molar-refractivity contribution >= 4 is 33.7 Å². The maximum Gasteiger partial charge on any atom is 0.149 e. The van der Waals surface area contributed by atoms with Gasteiger partial charge in [0.15, 0.2) is 0 Å². The van der Waals surface area contributed by atoms with Crippen LogP contribution < -0.4 is 11.1 Å². The Hall–Kier alpha value is -1.14. The number of hydrogen-bond acceptors (Lipinski definition) is 6. The summed E-state index contributed by atoms with van der Waals surface area (Å²) >= 11 is 3.09. The monoisotopic (exact) mass is 322 g/mol. The first kappa shape index (κ1) is 14.8. The van der Waals surface area contributed by atoms with Gasteiger partial charge in [-0.3, -0.25) is 0 Å². The first-order valence-electron chi connectivity index (χ1n) is 7.41. The van der Waals surface area contributed by atoms with Gasteiger partial charge in [-0.15, -0.1) is 11.3 Å². The number of nitrogens with one attached hydrogen (secondary N) is 1. The second-order valence-electron chi connectivity index (χ2n) is 6.50. The van der Waals surface area contributed by atoms with E-state index in [1.807, 2.05) is 6.92 Å². The zero-order valence-corrected chi connectivity index (χ0v) is 14.4. The van der Waals surface area contributed by atoms with E-state index in [4.69, 9.17) is 5.73 Å². The topological polar surface area (TPSA) is 63.8 Å². The van der Waals surface area contributed by atoms with E-state index in [9.17, 15) is 0 Å². The molecule has 1 saturated carbocycles. The largest absolute Gasteiger partial charge is 0.382 e. The summed E-state index contributed by atoms with van der Waals surface area (Å²) in [5.74, 6) is 0.588. The van der Waals surface area contributed by atoms with Gasteiger partial charge in [-0.05, 0) is 36.7 Å². The Bertz CT molecular complexity index is 629. The molecule has 0 saturated heterocycles. The van der Waals surface area contributed by atoms with E-state index in [0.717, 1.165) is 21.3 Å².